The molecule has 1 heterocycles. The Bertz CT molecular complexity index is 392. The second-order valence-corrected chi connectivity index (χ2v) is 3.71. The summed E-state index contributed by atoms with van der Waals surface area (Å²) in [6, 6.07) is 10.3. The summed E-state index contributed by atoms with van der Waals surface area (Å²) in [4.78, 5) is 0. The van der Waals surface area contributed by atoms with Crippen LogP contribution >= 0.6 is 11.3 Å². The first kappa shape index (κ1) is 9.44. The van der Waals surface area contributed by atoms with Crippen molar-refractivity contribution in [3.8, 4) is 11.1 Å². The molecule has 1 aromatic carbocycles. The third-order valence-corrected chi connectivity index (χ3v) is 2.77. The minimum absolute atomic E-state index is 0.657. The van der Waals surface area contributed by atoms with Crippen molar-refractivity contribution in [2.75, 3.05) is 7.11 Å². The summed E-state index contributed by atoms with van der Waals surface area (Å²) in [5, 5.41) is 5.36. The minimum Gasteiger partial charge on any atom is -0.380 e. The van der Waals surface area contributed by atoms with Crippen molar-refractivity contribution >= 4 is 11.3 Å². The summed E-state index contributed by atoms with van der Waals surface area (Å²) in [5.41, 5.74) is 3.59. The van der Waals surface area contributed by atoms with Crippen LogP contribution in [0.4, 0.5) is 0 Å². The van der Waals surface area contributed by atoms with E-state index in [1.807, 2.05) is 18.2 Å². The molecular weight excluding hydrogens is 192 g/mol. The van der Waals surface area contributed by atoms with Gasteiger partial charge in [-0.05, 0) is 16.5 Å². The molecule has 0 aliphatic heterocycles. The highest BCUT2D eigenvalue weighted by Gasteiger charge is 2.05. The normalized spacial score (nSPS) is 10.4. The van der Waals surface area contributed by atoms with Crippen LogP contribution in [0.3, 0.4) is 0 Å². The molecule has 2 aromatic rings. The van der Waals surface area contributed by atoms with Gasteiger partial charge in [-0.15, -0.1) is 11.3 Å². The lowest BCUT2D eigenvalue weighted by Crippen LogP contribution is -1.87. The zero-order chi connectivity index (χ0) is 9.80. The first-order chi connectivity index (χ1) is 6.92. The maximum atomic E-state index is 5.14. The Morgan fingerprint density at radius 3 is 2.79 bits per heavy atom. The van der Waals surface area contributed by atoms with Crippen molar-refractivity contribution in [2.24, 2.45) is 0 Å². The average molecular weight is 203 g/mol. The van der Waals surface area contributed by atoms with Gasteiger partial charge >= 0.3 is 0 Å². The fourth-order valence-corrected chi connectivity index (χ4v) is 2.15. The molecule has 1 nitrogen and oxygen atoms in total. The molecule has 0 saturated carbocycles. The average Bonchev–Trinajstić information content (AvgIpc) is 2.68. The molecule has 0 aliphatic rings. The van der Waals surface area contributed by atoms with E-state index in [1.54, 1.807) is 18.4 Å². The lowest BCUT2D eigenvalue weighted by molar-refractivity contribution is 0.185. The standard InChI is InChI=1S/C12H11OS/c1-13-7-11-8-14-9-12(11)10-5-3-2-4-6-10/h2-6,8H,7H2,1H3. The predicted octanol–water partition coefficient (Wildman–Crippen LogP) is 3.36. The van der Waals surface area contributed by atoms with E-state index in [0.29, 0.717) is 6.61 Å². The van der Waals surface area contributed by atoms with Crippen LogP contribution in [0.2, 0.25) is 0 Å². The monoisotopic (exact) mass is 203 g/mol. The Kier molecular flexibility index (Phi) is 2.96. The van der Waals surface area contributed by atoms with Crippen molar-refractivity contribution < 1.29 is 4.74 Å². The number of benzene rings is 1. The summed E-state index contributed by atoms with van der Waals surface area (Å²) in [6.45, 7) is 0.657. The van der Waals surface area contributed by atoms with Gasteiger partial charge in [0.05, 0.1) is 12.0 Å². The number of ether oxygens (including phenoxy) is 1. The molecule has 0 unspecified atom stereocenters. The molecule has 0 atom stereocenters. The van der Waals surface area contributed by atoms with Crippen LogP contribution in [0.5, 0.6) is 0 Å². The molecule has 0 spiro atoms. The Hall–Kier alpha value is -1.12. The smallest absolute Gasteiger partial charge is 0.0727 e. The Morgan fingerprint density at radius 1 is 1.29 bits per heavy atom. The highest BCUT2D eigenvalue weighted by Crippen LogP contribution is 2.26. The van der Waals surface area contributed by atoms with Gasteiger partial charge in [-0.2, -0.15) is 0 Å². The number of hydrogen-bond acceptors (Lipinski definition) is 2. The molecule has 2 heteroatoms. The van der Waals surface area contributed by atoms with Crippen LogP contribution < -0.4 is 0 Å². The molecule has 71 valence electrons. The number of thiophene rings is 1. The van der Waals surface area contributed by atoms with Crippen LogP contribution in [0, 0.1) is 5.38 Å². The summed E-state index contributed by atoms with van der Waals surface area (Å²) in [6.07, 6.45) is 0. The molecule has 0 aliphatic carbocycles. The van der Waals surface area contributed by atoms with Crippen molar-refractivity contribution in [1.82, 2.24) is 0 Å². The van der Waals surface area contributed by atoms with E-state index in [-0.39, 0.29) is 0 Å². The van der Waals surface area contributed by atoms with Gasteiger partial charge in [-0.25, -0.2) is 0 Å². The van der Waals surface area contributed by atoms with E-state index in [2.05, 4.69) is 22.9 Å². The molecule has 0 bridgehead atoms. The van der Waals surface area contributed by atoms with E-state index in [1.165, 1.54) is 11.1 Å². The zero-order valence-corrected chi connectivity index (χ0v) is 8.80. The Morgan fingerprint density at radius 2 is 2.07 bits per heavy atom. The van der Waals surface area contributed by atoms with Gasteiger partial charge in [0.25, 0.3) is 0 Å². The zero-order valence-electron chi connectivity index (χ0n) is 7.99. The first-order valence-corrected chi connectivity index (χ1v) is 5.32. The van der Waals surface area contributed by atoms with Gasteiger partial charge in [0.15, 0.2) is 0 Å². The first-order valence-electron chi connectivity index (χ1n) is 4.44. The van der Waals surface area contributed by atoms with Crippen LogP contribution in [-0.4, -0.2) is 7.11 Å². The summed E-state index contributed by atoms with van der Waals surface area (Å²) >= 11 is 1.60. The van der Waals surface area contributed by atoms with E-state index in [0.717, 1.165) is 5.56 Å². The van der Waals surface area contributed by atoms with Gasteiger partial charge in [-0.1, -0.05) is 30.3 Å². The maximum absolute atomic E-state index is 5.14. The minimum atomic E-state index is 0.657. The van der Waals surface area contributed by atoms with Gasteiger partial charge in [0.1, 0.15) is 0 Å². The lowest BCUT2D eigenvalue weighted by atomic mass is 10.1. The topological polar surface area (TPSA) is 9.23 Å². The molecule has 1 radical (unpaired) electrons. The van der Waals surface area contributed by atoms with E-state index < -0.39 is 0 Å². The number of methoxy groups -OCH3 is 1. The fourth-order valence-electron chi connectivity index (χ4n) is 1.39. The summed E-state index contributed by atoms with van der Waals surface area (Å²) in [7, 11) is 1.71. The fraction of sp³-hybridized carbons (Fsp3) is 0.167. The maximum Gasteiger partial charge on any atom is 0.0727 e. The predicted molar refractivity (Wildman–Crippen MR) is 59.3 cm³/mol. The van der Waals surface area contributed by atoms with E-state index in [4.69, 9.17) is 4.74 Å². The SMILES string of the molecule is COCc1cs[c]c1-c1ccccc1. The van der Waals surface area contributed by atoms with E-state index in [9.17, 15) is 0 Å². The molecule has 0 N–H and O–H groups in total. The van der Waals surface area contributed by atoms with Crippen LogP contribution in [-0.2, 0) is 11.3 Å². The highest BCUT2D eigenvalue weighted by molar-refractivity contribution is 7.07. The van der Waals surface area contributed by atoms with Crippen LogP contribution in [0.1, 0.15) is 5.56 Å². The van der Waals surface area contributed by atoms with Crippen molar-refractivity contribution in [3.05, 3.63) is 46.7 Å². The van der Waals surface area contributed by atoms with Crippen LogP contribution in [0.15, 0.2) is 35.7 Å². The molecule has 14 heavy (non-hydrogen) atoms. The molecule has 0 saturated heterocycles. The Balaban J connectivity index is 2.37. The summed E-state index contributed by atoms with van der Waals surface area (Å²) in [5.74, 6) is 0. The van der Waals surface area contributed by atoms with Crippen molar-refractivity contribution in [2.45, 2.75) is 6.61 Å². The van der Waals surface area contributed by atoms with Gasteiger partial charge in [-0.3, -0.25) is 0 Å². The number of rotatable bonds is 3. The number of hydrogen-bond donors (Lipinski definition) is 0. The quantitative estimate of drug-likeness (QED) is 0.743. The molecule has 0 fully saturated rings. The molecule has 0 amide bonds. The third-order valence-electron chi connectivity index (χ3n) is 2.05. The second-order valence-electron chi connectivity index (χ2n) is 3.04. The van der Waals surface area contributed by atoms with Crippen LogP contribution in [0.25, 0.3) is 11.1 Å². The molecular formula is C12H11OS. The molecule has 2 rings (SSSR count). The second kappa shape index (κ2) is 4.40. The van der Waals surface area contributed by atoms with Gasteiger partial charge in [0, 0.05) is 12.7 Å². The summed E-state index contributed by atoms with van der Waals surface area (Å²) < 4.78 is 5.14. The highest BCUT2D eigenvalue weighted by atomic mass is 32.1. The Labute approximate surface area is 88.0 Å². The molecule has 1 aromatic heterocycles. The lowest BCUT2D eigenvalue weighted by Gasteiger charge is -2.02. The van der Waals surface area contributed by atoms with E-state index >= 15 is 0 Å². The van der Waals surface area contributed by atoms with Crippen molar-refractivity contribution in [1.29, 1.82) is 0 Å². The van der Waals surface area contributed by atoms with Gasteiger partial charge < -0.3 is 4.74 Å². The van der Waals surface area contributed by atoms with Gasteiger partial charge in [0.2, 0.25) is 0 Å². The third kappa shape index (κ3) is 1.86. The van der Waals surface area contributed by atoms with Crippen molar-refractivity contribution in [3.63, 3.8) is 0 Å². The largest absolute Gasteiger partial charge is 0.380 e.